The third-order valence-electron chi connectivity index (χ3n) is 3.91. The van der Waals surface area contributed by atoms with Crippen molar-refractivity contribution < 1.29 is 14.6 Å². The monoisotopic (exact) mass is 324 g/mol. The molecule has 24 heavy (non-hydrogen) atoms. The molecule has 0 amide bonds. The molecule has 0 unspecified atom stereocenters. The summed E-state index contributed by atoms with van der Waals surface area (Å²) >= 11 is 0. The number of nitrogens with two attached hydrogens (primary N) is 1. The van der Waals surface area contributed by atoms with Gasteiger partial charge >= 0.3 is 5.95 Å². The molecule has 9 nitrogen and oxygen atoms in total. The smallest absolute Gasteiger partial charge is 0.365 e. The lowest BCUT2D eigenvalue weighted by Crippen LogP contribution is -2.48. The summed E-state index contributed by atoms with van der Waals surface area (Å²) in [6.07, 6.45) is -0.787. The number of guanidine groups is 1. The summed E-state index contributed by atoms with van der Waals surface area (Å²) < 4.78 is 1.76. The molecule has 4 rings (SSSR count). The SMILES string of the molecule is NC1=N[C@H](c2cccc([N+](=O)[O-])c2[O-])[n+]2c([nH]c3ccccc32)N1. The van der Waals surface area contributed by atoms with Crippen LogP contribution in [0.3, 0.4) is 0 Å². The normalized spacial score (nSPS) is 16.3. The molecule has 0 bridgehead atoms. The minimum Gasteiger partial charge on any atom is -0.868 e. The number of nitrogens with zero attached hydrogens (tertiary/aromatic N) is 3. The summed E-state index contributed by atoms with van der Waals surface area (Å²) in [5.74, 6) is 0.00625. The number of hydrogen-bond acceptors (Lipinski definition) is 6. The van der Waals surface area contributed by atoms with Gasteiger partial charge in [0, 0.05) is 11.6 Å². The summed E-state index contributed by atoms with van der Waals surface area (Å²) in [6, 6.07) is 11.6. The third-order valence-corrected chi connectivity index (χ3v) is 3.91. The molecule has 1 atom stereocenters. The molecule has 0 aliphatic carbocycles. The highest BCUT2D eigenvalue weighted by Crippen LogP contribution is 2.33. The van der Waals surface area contributed by atoms with Crippen molar-refractivity contribution in [3.63, 3.8) is 0 Å². The van der Waals surface area contributed by atoms with Crippen molar-refractivity contribution in [3.8, 4) is 5.75 Å². The average Bonchev–Trinajstić information content (AvgIpc) is 2.92. The van der Waals surface area contributed by atoms with E-state index in [0.717, 1.165) is 11.0 Å². The quantitative estimate of drug-likeness (QED) is 0.362. The van der Waals surface area contributed by atoms with Crippen LogP contribution in [0, 0.1) is 10.1 Å². The van der Waals surface area contributed by atoms with Crippen molar-refractivity contribution >= 4 is 28.6 Å². The van der Waals surface area contributed by atoms with Crippen LogP contribution in [0.5, 0.6) is 5.75 Å². The number of imidazole rings is 1. The molecular weight excluding hydrogens is 312 g/mol. The molecule has 0 saturated heterocycles. The van der Waals surface area contributed by atoms with Gasteiger partial charge in [0.2, 0.25) is 6.17 Å². The van der Waals surface area contributed by atoms with E-state index >= 15 is 0 Å². The van der Waals surface area contributed by atoms with E-state index in [1.54, 1.807) is 4.57 Å². The Labute approximate surface area is 135 Å². The van der Waals surface area contributed by atoms with Gasteiger partial charge in [0.15, 0.2) is 0 Å². The summed E-state index contributed by atoms with van der Waals surface area (Å²) in [4.78, 5) is 17.8. The highest BCUT2D eigenvalue weighted by atomic mass is 16.6. The predicted octanol–water partition coefficient (Wildman–Crippen LogP) is 0.724. The lowest BCUT2D eigenvalue weighted by molar-refractivity contribution is -0.674. The van der Waals surface area contributed by atoms with Gasteiger partial charge in [0.25, 0.3) is 11.6 Å². The number of rotatable bonds is 2. The number of aromatic amines is 1. The topological polar surface area (TPSA) is 136 Å². The van der Waals surface area contributed by atoms with Crippen LogP contribution in [0.4, 0.5) is 11.6 Å². The number of fused-ring (bicyclic) bond motifs is 3. The summed E-state index contributed by atoms with van der Waals surface area (Å²) in [7, 11) is 0. The number of para-hydroxylation sites is 3. The Morgan fingerprint density at radius 1 is 1.21 bits per heavy atom. The van der Waals surface area contributed by atoms with Gasteiger partial charge in [-0.05, 0) is 17.9 Å². The fourth-order valence-electron chi connectivity index (χ4n) is 2.88. The van der Waals surface area contributed by atoms with Crippen LogP contribution in [0.1, 0.15) is 11.7 Å². The van der Waals surface area contributed by atoms with Crippen molar-refractivity contribution in [2.75, 3.05) is 5.32 Å². The summed E-state index contributed by atoms with van der Waals surface area (Å²) in [6.45, 7) is 0. The van der Waals surface area contributed by atoms with Crippen molar-refractivity contribution in [1.29, 1.82) is 0 Å². The van der Waals surface area contributed by atoms with E-state index in [9.17, 15) is 15.2 Å². The minimum atomic E-state index is -0.787. The molecule has 2 heterocycles. The first-order valence-electron chi connectivity index (χ1n) is 7.13. The average molecular weight is 324 g/mol. The van der Waals surface area contributed by atoms with Crippen LogP contribution in [0.2, 0.25) is 0 Å². The summed E-state index contributed by atoms with van der Waals surface area (Å²) in [5.41, 5.74) is 7.14. The molecule has 2 aromatic carbocycles. The van der Waals surface area contributed by atoms with Crippen LogP contribution in [0.15, 0.2) is 47.5 Å². The van der Waals surface area contributed by atoms with E-state index in [0.29, 0.717) is 5.95 Å². The fraction of sp³-hybridized carbons (Fsp3) is 0.0667. The number of nitro benzene ring substituents is 1. The Morgan fingerprint density at radius 2 is 2.00 bits per heavy atom. The van der Waals surface area contributed by atoms with Crippen LogP contribution >= 0.6 is 0 Å². The Bertz CT molecular complexity index is 1010. The zero-order chi connectivity index (χ0) is 16.8. The maximum Gasteiger partial charge on any atom is 0.365 e. The number of nitrogens with one attached hydrogen (secondary N) is 2. The second kappa shape index (κ2) is 4.95. The number of aliphatic imine (C=N–C) groups is 1. The number of hydrogen-bond donors (Lipinski definition) is 3. The minimum absolute atomic E-state index is 0.123. The van der Waals surface area contributed by atoms with Gasteiger partial charge in [-0.25, -0.2) is 14.9 Å². The molecule has 1 aliphatic rings. The van der Waals surface area contributed by atoms with Gasteiger partial charge in [-0.2, -0.15) is 4.99 Å². The molecule has 1 aliphatic heterocycles. The van der Waals surface area contributed by atoms with Gasteiger partial charge in [-0.1, -0.05) is 24.3 Å². The molecular formula is C15H12N6O3. The lowest BCUT2D eigenvalue weighted by atomic mass is 10.1. The fourth-order valence-corrected chi connectivity index (χ4v) is 2.88. The number of anilines is 1. The molecule has 3 aromatic rings. The standard InChI is InChI=1S/C15H12N6O3/c16-14-18-13(8-4-3-7-11(12(8)22)21(23)24)20-10-6-2-1-5-9(10)17-15(20)19-14/h1-7,13H,(H4,16,17,18,19,22)/t13-/m0/s1. The van der Waals surface area contributed by atoms with Crippen LogP contribution in [-0.4, -0.2) is 15.9 Å². The summed E-state index contributed by atoms with van der Waals surface area (Å²) in [5, 5.41) is 26.4. The molecule has 0 radical (unpaired) electrons. The first kappa shape index (κ1) is 14.0. The molecule has 0 spiro atoms. The number of benzene rings is 2. The van der Waals surface area contributed by atoms with Gasteiger partial charge in [-0.3, -0.25) is 10.1 Å². The van der Waals surface area contributed by atoms with E-state index in [1.165, 1.54) is 18.2 Å². The van der Waals surface area contributed by atoms with Gasteiger partial charge in [0.1, 0.15) is 11.0 Å². The van der Waals surface area contributed by atoms with Crippen LogP contribution in [-0.2, 0) is 0 Å². The Hall–Kier alpha value is -3.62. The maximum atomic E-state index is 12.5. The van der Waals surface area contributed by atoms with E-state index in [4.69, 9.17) is 5.73 Å². The Kier molecular flexibility index (Phi) is 2.89. The van der Waals surface area contributed by atoms with Gasteiger partial charge < -0.3 is 10.8 Å². The number of H-pyrrole nitrogens is 1. The van der Waals surface area contributed by atoms with Gasteiger partial charge in [0.05, 0.1) is 4.92 Å². The highest BCUT2D eigenvalue weighted by Gasteiger charge is 2.32. The predicted molar refractivity (Wildman–Crippen MR) is 84.4 cm³/mol. The first-order valence-corrected chi connectivity index (χ1v) is 7.13. The number of aromatic nitrogens is 2. The van der Waals surface area contributed by atoms with Crippen molar-refractivity contribution in [3.05, 3.63) is 58.1 Å². The van der Waals surface area contributed by atoms with E-state index in [2.05, 4.69) is 15.3 Å². The molecule has 1 aromatic heterocycles. The highest BCUT2D eigenvalue weighted by molar-refractivity contribution is 5.92. The molecule has 0 saturated carbocycles. The second-order valence-corrected chi connectivity index (χ2v) is 5.33. The molecule has 0 fully saturated rings. The first-order chi connectivity index (χ1) is 11.6. The Balaban J connectivity index is 1.98. The van der Waals surface area contributed by atoms with Crippen LogP contribution < -0.4 is 20.7 Å². The third kappa shape index (κ3) is 1.95. The zero-order valence-electron chi connectivity index (χ0n) is 12.3. The van der Waals surface area contributed by atoms with Gasteiger partial charge in [-0.15, -0.1) is 0 Å². The maximum absolute atomic E-state index is 12.5. The van der Waals surface area contributed by atoms with Crippen LogP contribution in [0.25, 0.3) is 11.0 Å². The van der Waals surface area contributed by atoms with Crippen molar-refractivity contribution in [1.82, 2.24) is 4.98 Å². The molecule has 4 N–H and O–H groups in total. The second-order valence-electron chi connectivity index (χ2n) is 5.33. The number of nitro groups is 1. The van der Waals surface area contributed by atoms with E-state index in [-0.39, 0.29) is 11.5 Å². The molecule has 120 valence electrons. The lowest BCUT2D eigenvalue weighted by Gasteiger charge is -2.22. The van der Waals surface area contributed by atoms with E-state index < -0.39 is 22.5 Å². The zero-order valence-corrected chi connectivity index (χ0v) is 12.3. The van der Waals surface area contributed by atoms with Crippen molar-refractivity contribution in [2.24, 2.45) is 10.7 Å². The van der Waals surface area contributed by atoms with E-state index in [1.807, 2.05) is 24.3 Å². The Morgan fingerprint density at radius 3 is 2.79 bits per heavy atom. The largest absolute Gasteiger partial charge is 0.868 e. The van der Waals surface area contributed by atoms with Crippen molar-refractivity contribution in [2.45, 2.75) is 6.17 Å². The molecule has 9 heteroatoms.